The lowest BCUT2D eigenvalue weighted by Gasteiger charge is -2.36. The monoisotopic (exact) mass is 173 g/mol. The van der Waals surface area contributed by atoms with Crippen LogP contribution in [0.4, 0.5) is 0 Å². The number of nitrogens with one attached hydrogen (secondary N) is 1. The van der Waals surface area contributed by atoms with E-state index < -0.39 is 0 Å². The maximum Gasteiger partial charge on any atom is 0.00204 e. The third-order valence-corrected chi connectivity index (χ3v) is 3.45. The Hall–Kier alpha value is -0.820. The summed E-state index contributed by atoms with van der Waals surface area (Å²) in [7, 11) is 0. The van der Waals surface area contributed by atoms with Gasteiger partial charge in [0.15, 0.2) is 0 Å². The third kappa shape index (κ3) is 1.19. The Kier molecular flexibility index (Phi) is 1.66. The van der Waals surface area contributed by atoms with E-state index in [1.807, 2.05) is 0 Å². The molecule has 1 heteroatoms. The molecule has 1 aromatic rings. The molecule has 2 atom stereocenters. The molecule has 68 valence electrons. The average molecular weight is 173 g/mol. The Labute approximate surface area is 79.2 Å². The summed E-state index contributed by atoms with van der Waals surface area (Å²) in [6.07, 6.45) is 2.70. The molecule has 1 saturated heterocycles. The second-order valence-electron chi connectivity index (χ2n) is 4.36. The van der Waals surface area contributed by atoms with Crippen molar-refractivity contribution in [3.8, 4) is 0 Å². The van der Waals surface area contributed by atoms with E-state index in [4.69, 9.17) is 0 Å². The summed E-state index contributed by atoms with van der Waals surface area (Å²) >= 11 is 0. The summed E-state index contributed by atoms with van der Waals surface area (Å²) in [5, 5.41) is 3.53. The van der Waals surface area contributed by atoms with Crippen LogP contribution in [0.3, 0.4) is 0 Å². The summed E-state index contributed by atoms with van der Waals surface area (Å²) in [5.74, 6) is 1.69. The molecule has 0 radical (unpaired) electrons. The van der Waals surface area contributed by atoms with Crippen LogP contribution in [-0.4, -0.2) is 13.1 Å². The van der Waals surface area contributed by atoms with Crippen LogP contribution in [0.2, 0.25) is 0 Å². The van der Waals surface area contributed by atoms with E-state index in [1.165, 1.54) is 25.9 Å². The number of benzene rings is 1. The Bertz CT molecular complexity index is 319. The van der Waals surface area contributed by atoms with Crippen molar-refractivity contribution in [3.63, 3.8) is 0 Å². The molecule has 1 N–H and O–H groups in total. The first-order chi connectivity index (χ1) is 6.43. The van der Waals surface area contributed by atoms with Crippen LogP contribution in [-0.2, 0) is 6.42 Å². The SMILES string of the molecule is c1ccc2c(c1)CC1CNCC2C1. The van der Waals surface area contributed by atoms with Gasteiger partial charge in [-0.2, -0.15) is 0 Å². The molecule has 0 amide bonds. The van der Waals surface area contributed by atoms with Crippen LogP contribution in [0.5, 0.6) is 0 Å². The molecule has 0 saturated carbocycles. The number of hydrogen-bond donors (Lipinski definition) is 1. The number of rotatable bonds is 0. The van der Waals surface area contributed by atoms with Crippen molar-refractivity contribution in [3.05, 3.63) is 35.4 Å². The largest absolute Gasteiger partial charge is 0.316 e. The lowest BCUT2D eigenvalue weighted by atomic mass is 9.75. The predicted octanol–water partition coefficient (Wildman–Crippen LogP) is 1.94. The standard InChI is InChI=1S/C12H15N/c1-2-4-12-10(3-1)5-9-6-11(12)8-13-7-9/h1-4,9,11,13H,5-8H2. The smallest absolute Gasteiger partial charge is 0.00204 e. The molecule has 0 spiro atoms. The van der Waals surface area contributed by atoms with Crippen LogP contribution in [0.25, 0.3) is 0 Å². The van der Waals surface area contributed by atoms with Crippen molar-refractivity contribution in [1.82, 2.24) is 5.32 Å². The average Bonchev–Trinajstić information content (AvgIpc) is 2.18. The first-order valence-corrected chi connectivity index (χ1v) is 5.22. The zero-order valence-corrected chi connectivity index (χ0v) is 7.79. The van der Waals surface area contributed by atoms with Crippen molar-refractivity contribution >= 4 is 0 Å². The van der Waals surface area contributed by atoms with Gasteiger partial charge in [0, 0.05) is 6.54 Å². The molecule has 0 aromatic heterocycles. The Morgan fingerprint density at radius 2 is 2.08 bits per heavy atom. The molecule has 1 fully saturated rings. The summed E-state index contributed by atoms with van der Waals surface area (Å²) in [5.41, 5.74) is 3.20. The second-order valence-corrected chi connectivity index (χ2v) is 4.36. The Morgan fingerprint density at radius 1 is 1.15 bits per heavy atom. The van der Waals surface area contributed by atoms with Gasteiger partial charge in [0.25, 0.3) is 0 Å². The Morgan fingerprint density at radius 3 is 3.08 bits per heavy atom. The first kappa shape index (κ1) is 7.57. The predicted molar refractivity (Wildman–Crippen MR) is 53.9 cm³/mol. The van der Waals surface area contributed by atoms with Crippen LogP contribution < -0.4 is 5.32 Å². The van der Waals surface area contributed by atoms with E-state index in [9.17, 15) is 0 Å². The highest BCUT2D eigenvalue weighted by Gasteiger charge is 2.29. The summed E-state index contributed by atoms with van der Waals surface area (Å²) in [6, 6.07) is 8.96. The minimum atomic E-state index is 0.795. The first-order valence-electron chi connectivity index (χ1n) is 5.22. The van der Waals surface area contributed by atoms with Gasteiger partial charge in [-0.3, -0.25) is 0 Å². The van der Waals surface area contributed by atoms with E-state index >= 15 is 0 Å². The molecule has 2 aliphatic rings. The fraction of sp³-hybridized carbons (Fsp3) is 0.500. The fourth-order valence-corrected chi connectivity index (χ4v) is 2.85. The van der Waals surface area contributed by atoms with Crippen LogP contribution in [0.15, 0.2) is 24.3 Å². The molecule has 13 heavy (non-hydrogen) atoms. The van der Waals surface area contributed by atoms with Crippen molar-refractivity contribution in [1.29, 1.82) is 0 Å². The number of fused-ring (bicyclic) bond motifs is 4. The van der Waals surface area contributed by atoms with Gasteiger partial charge >= 0.3 is 0 Å². The molecule has 1 aromatic carbocycles. The highest BCUT2D eigenvalue weighted by molar-refractivity contribution is 5.34. The lowest BCUT2D eigenvalue weighted by Crippen LogP contribution is -2.39. The summed E-state index contributed by atoms with van der Waals surface area (Å²) < 4.78 is 0. The van der Waals surface area contributed by atoms with Crippen molar-refractivity contribution in [2.24, 2.45) is 5.92 Å². The molecule has 2 unspecified atom stereocenters. The van der Waals surface area contributed by atoms with Crippen molar-refractivity contribution in [2.45, 2.75) is 18.8 Å². The van der Waals surface area contributed by atoms with Gasteiger partial charge < -0.3 is 5.32 Å². The molecule has 1 aliphatic carbocycles. The summed E-state index contributed by atoms with van der Waals surface area (Å²) in [4.78, 5) is 0. The van der Waals surface area contributed by atoms with Gasteiger partial charge in [0.1, 0.15) is 0 Å². The lowest BCUT2D eigenvalue weighted by molar-refractivity contribution is 0.318. The molecule has 1 heterocycles. The zero-order chi connectivity index (χ0) is 8.67. The van der Waals surface area contributed by atoms with E-state index in [2.05, 4.69) is 29.6 Å². The third-order valence-electron chi connectivity index (χ3n) is 3.45. The quantitative estimate of drug-likeness (QED) is 0.632. The maximum absolute atomic E-state index is 3.53. The minimum absolute atomic E-state index is 0.795. The Balaban J connectivity index is 2.06. The topological polar surface area (TPSA) is 12.0 Å². The van der Waals surface area contributed by atoms with Gasteiger partial charge in [-0.15, -0.1) is 0 Å². The number of hydrogen-bond acceptors (Lipinski definition) is 1. The summed E-state index contributed by atoms with van der Waals surface area (Å²) in [6.45, 7) is 2.42. The maximum atomic E-state index is 3.53. The van der Waals surface area contributed by atoms with E-state index in [1.54, 1.807) is 11.1 Å². The molecular formula is C12H15N. The van der Waals surface area contributed by atoms with Crippen LogP contribution in [0, 0.1) is 5.92 Å². The van der Waals surface area contributed by atoms with Gasteiger partial charge in [-0.1, -0.05) is 24.3 Å². The van der Waals surface area contributed by atoms with Crippen molar-refractivity contribution in [2.75, 3.05) is 13.1 Å². The minimum Gasteiger partial charge on any atom is -0.316 e. The van der Waals surface area contributed by atoms with Crippen molar-refractivity contribution < 1.29 is 0 Å². The fourth-order valence-electron chi connectivity index (χ4n) is 2.85. The van der Waals surface area contributed by atoms with E-state index in [0.29, 0.717) is 0 Å². The highest BCUT2D eigenvalue weighted by atomic mass is 14.9. The van der Waals surface area contributed by atoms with Crippen LogP contribution in [0.1, 0.15) is 23.5 Å². The van der Waals surface area contributed by atoms with Crippen LogP contribution >= 0.6 is 0 Å². The zero-order valence-electron chi connectivity index (χ0n) is 7.79. The molecule has 2 bridgehead atoms. The van der Waals surface area contributed by atoms with Gasteiger partial charge in [0.2, 0.25) is 0 Å². The molecule has 3 rings (SSSR count). The molecule has 1 nitrogen and oxygen atoms in total. The molecular weight excluding hydrogens is 158 g/mol. The number of piperidine rings is 1. The normalized spacial score (nSPS) is 31.1. The van der Waals surface area contributed by atoms with Gasteiger partial charge in [-0.05, 0) is 42.3 Å². The molecule has 1 aliphatic heterocycles. The van der Waals surface area contributed by atoms with Gasteiger partial charge in [-0.25, -0.2) is 0 Å². The van der Waals surface area contributed by atoms with E-state index in [-0.39, 0.29) is 0 Å². The second kappa shape index (κ2) is 2.85. The highest BCUT2D eigenvalue weighted by Crippen LogP contribution is 2.36. The van der Waals surface area contributed by atoms with Gasteiger partial charge in [0.05, 0.1) is 0 Å². The van der Waals surface area contributed by atoms with E-state index in [0.717, 1.165) is 11.8 Å².